The number of nitrogens with one attached hydrogen (secondary N) is 1. The summed E-state index contributed by atoms with van der Waals surface area (Å²) < 4.78 is 28.4. The molecule has 0 radical (unpaired) electrons. The standard InChI is InChI=1S/C23H27N5O3S2/c1-5-15-28-22(18-9-7-6-8-10-18)25-26-23(28)32-16-21(29)24-19-11-13-20(14-12-19)33(30,31)27(4)17(2)3/h5-14,17H,1,15-16H2,2-4H3,(H,24,29). The Balaban J connectivity index is 1.65. The molecule has 3 rings (SSSR count). The molecule has 1 heterocycles. The fourth-order valence-electron chi connectivity index (χ4n) is 2.97. The lowest BCUT2D eigenvalue weighted by Gasteiger charge is -2.21. The number of nitrogens with zero attached hydrogens (tertiary/aromatic N) is 4. The number of hydrogen-bond donors (Lipinski definition) is 1. The molecule has 0 unspecified atom stereocenters. The van der Waals surface area contributed by atoms with Gasteiger partial charge >= 0.3 is 0 Å². The lowest BCUT2D eigenvalue weighted by molar-refractivity contribution is -0.113. The van der Waals surface area contributed by atoms with Gasteiger partial charge in [-0.15, -0.1) is 16.8 Å². The molecule has 0 saturated heterocycles. The highest BCUT2D eigenvalue weighted by atomic mass is 32.2. The van der Waals surface area contributed by atoms with E-state index in [-0.39, 0.29) is 22.6 Å². The van der Waals surface area contributed by atoms with Gasteiger partial charge in [0.1, 0.15) is 0 Å². The summed E-state index contributed by atoms with van der Waals surface area (Å²) in [5.41, 5.74) is 1.45. The molecule has 1 amide bonds. The molecule has 10 heteroatoms. The minimum absolute atomic E-state index is 0.125. The van der Waals surface area contributed by atoms with Gasteiger partial charge in [-0.05, 0) is 38.1 Å². The Labute approximate surface area is 198 Å². The molecule has 0 aliphatic carbocycles. The minimum Gasteiger partial charge on any atom is -0.325 e. The van der Waals surface area contributed by atoms with Crippen molar-refractivity contribution in [3.63, 3.8) is 0 Å². The Hall–Kier alpha value is -2.95. The van der Waals surface area contributed by atoms with Crippen LogP contribution in [-0.4, -0.2) is 52.2 Å². The monoisotopic (exact) mass is 485 g/mol. The third kappa shape index (κ3) is 5.89. The highest BCUT2D eigenvalue weighted by Gasteiger charge is 2.23. The number of hydrogen-bond acceptors (Lipinski definition) is 6. The van der Waals surface area contributed by atoms with Crippen LogP contribution in [0.3, 0.4) is 0 Å². The number of rotatable bonds is 10. The molecule has 2 aromatic carbocycles. The summed E-state index contributed by atoms with van der Waals surface area (Å²) in [6.07, 6.45) is 1.76. The second kappa shape index (κ2) is 10.8. The molecule has 3 aromatic rings. The maximum atomic E-state index is 12.6. The number of anilines is 1. The van der Waals surface area contributed by atoms with Crippen molar-refractivity contribution in [2.75, 3.05) is 18.1 Å². The maximum absolute atomic E-state index is 12.6. The average molecular weight is 486 g/mol. The fourth-order valence-corrected chi connectivity index (χ4v) is 5.09. The number of carbonyl (C=O) groups is 1. The predicted molar refractivity (Wildman–Crippen MR) is 132 cm³/mol. The van der Waals surface area contributed by atoms with E-state index in [0.29, 0.717) is 23.2 Å². The van der Waals surface area contributed by atoms with Crippen LogP contribution in [0.1, 0.15) is 13.8 Å². The molecule has 33 heavy (non-hydrogen) atoms. The first-order valence-electron chi connectivity index (χ1n) is 10.3. The van der Waals surface area contributed by atoms with E-state index in [4.69, 9.17) is 0 Å². The highest BCUT2D eigenvalue weighted by Crippen LogP contribution is 2.24. The quantitative estimate of drug-likeness (QED) is 0.346. The van der Waals surface area contributed by atoms with Crippen LogP contribution in [0.5, 0.6) is 0 Å². The zero-order chi connectivity index (χ0) is 24.0. The Bertz CT molecular complexity index is 1210. The van der Waals surface area contributed by atoms with Gasteiger partial charge in [0.05, 0.1) is 10.6 Å². The van der Waals surface area contributed by atoms with E-state index in [1.54, 1.807) is 25.3 Å². The number of thioether (sulfide) groups is 1. The van der Waals surface area contributed by atoms with Gasteiger partial charge in [-0.2, -0.15) is 4.31 Å². The van der Waals surface area contributed by atoms with Gasteiger partial charge in [-0.1, -0.05) is 48.2 Å². The van der Waals surface area contributed by atoms with Crippen LogP contribution in [0, 0.1) is 0 Å². The summed E-state index contributed by atoms with van der Waals surface area (Å²) in [5, 5.41) is 11.9. The molecule has 0 aliphatic rings. The van der Waals surface area contributed by atoms with Gasteiger partial charge in [-0.25, -0.2) is 8.42 Å². The normalized spacial score (nSPS) is 11.7. The zero-order valence-corrected chi connectivity index (χ0v) is 20.4. The second-order valence-corrected chi connectivity index (χ2v) is 10.5. The Morgan fingerprint density at radius 1 is 1.15 bits per heavy atom. The summed E-state index contributed by atoms with van der Waals surface area (Å²) in [6.45, 7) is 7.93. The van der Waals surface area contributed by atoms with Crippen LogP contribution >= 0.6 is 11.8 Å². The summed E-state index contributed by atoms with van der Waals surface area (Å²) in [6, 6.07) is 15.7. The first kappa shape index (κ1) is 24.7. The Morgan fingerprint density at radius 2 is 1.82 bits per heavy atom. The molecule has 174 valence electrons. The largest absolute Gasteiger partial charge is 0.325 e. The fraction of sp³-hybridized carbons (Fsp3) is 0.261. The van der Waals surface area contributed by atoms with Crippen LogP contribution < -0.4 is 5.32 Å². The van der Waals surface area contributed by atoms with Crippen LogP contribution in [0.25, 0.3) is 11.4 Å². The van der Waals surface area contributed by atoms with E-state index in [0.717, 1.165) is 5.56 Å². The molecule has 1 N–H and O–H groups in total. The van der Waals surface area contributed by atoms with E-state index in [2.05, 4.69) is 22.1 Å². The van der Waals surface area contributed by atoms with E-state index >= 15 is 0 Å². The average Bonchev–Trinajstić information content (AvgIpc) is 3.21. The lowest BCUT2D eigenvalue weighted by atomic mass is 10.2. The number of benzene rings is 2. The molecule has 0 fully saturated rings. The Morgan fingerprint density at radius 3 is 2.42 bits per heavy atom. The van der Waals surface area contributed by atoms with Crippen LogP contribution in [0.4, 0.5) is 5.69 Å². The minimum atomic E-state index is -3.57. The van der Waals surface area contributed by atoms with Gasteiger partial charge < -0.3 is 5.32 Å². The van der Waals surface area contributed by atoms with Crippen LogP contribution in [-0.2, 0) is 21.4 Å². The summed E-state index contributed by atoms with van der Waals surface area (Å²) >= 11 is 1.27. The van der Waals surface area contributed by atoms with Crippen molar-refractivity contribution in [2.45, 2.75) is 36.5 Å². The summed E-state index contributed by atoms with van der Waals surface area (Å²) in [4.78, 5) is 12.7. The molecule has 1 aromatic heterocycles. The molecule has 0 spiro atoms. The topological polar surface area (TPSA) is 97.2 Å². The second-order valence-electron chi connectivity index (χ2n) is 7.55. The van der Waals surface area contributed by atoms with Crippen molar-refractivity contribution in [3.05, 3.63) is 67.3 Å². The third-order valence-corrected chi connectivity index (χ3v) is 7.95. The van der Waals surface area contributed by atoms with Crippen LogP contribution in [0.2, 0.25) is 0 Å². The summed E-state index contributed by atoms with van der Waals surface area (Å²) in [7, 11) is -2.03. The van der Waals surface area contributed by atoms with Crippen molar-refractivity contribution < 1.29 is 13.2 Å². The highest BCUT2D eigenvalue weighted by molar-refractivity contribution is 7.99. The third-order valence-electron chi connectivity index (χ3n) is 4.94. The molecule has 0 bridgehead atoms. The lowest BCUT2D eigenvalue weighted by Crippen LogP contribution is -2.33. The van der Waals surface area contributed by atoms with Gasteiger partial charge in [0.2, 0.25) is 15.9 Å². The zero-order valence-electron chi connectivity index (χ0n) is 18.8. The first-order chi connectivity index (χ1) is 15.7. The number of aromatic nitrogens is 3. The SMILES string of the molecule is C=CCn1c(SCC(=O)Nc2ccc(S(=O)(=O)N(C)C(C)C)cc2)nnc1-c1ccccc1. The smallest absolute Gasteiger partial charge is 0.243 e. The van der Waals surface area contributed by atoms with Crippen LogP contribution in [0.15, 0.2) is 77.3 Å². The van der Waals surface area contributed by atoms with E-state index in [1.165, 1.54) is 28.2 Å². The molecule has 0 atom stereocenters. The van der Waals surface area contributed by atoms with Gasteiger partial charge in [0, 0.05) is 30.9 Å². The molecule has 0 aliphatic heterocycles. The van der Waals surface area contributed by atoms with E-state index in [9.17, 15) is 13.2 Å². The van der Waals surface area contributed by atoms with E-state index in [1.807, 2.05) is 48.7 Å². The number of amides is 1. The van der Waals surface area contributed by atoms with Crippen molar-refractivity contribution in [1.29, 1.82) is 0 Å². The number of sulfonamides is 1. The van der Waals surface area contributed by atoms with Crippen molar-refractivity contribution in [1.82, 2.24) is 19.1 Å². The summed E-state index contributed by atoms with van der Waals surface area (Å²) in [5.74, 6) is 0.603. The number of carbonyl (C=O) groups excluding carboxylic acids is 1. The molecule has 8 nitrogen and oxygen atoms in total. The molecule has 0 saturated carbocycles. The van der Waals surface area contributed by atoms with Gasteiger partial charge in [0.25, 0.3) is 0 Å². The van der Waals surface area contributed by atoms with E-state index < -0.39 is 10.0 Å². The first-order valence-corrected chi connectivity index (χ1v) is 12.8. The van der Waals surface area contributed by atoms with Gasteiger partial charge in [-0.3, -0.25) is 9.36 Å². The Kier molecular flexibility index (Phi) is 8.06. The predicted octanol–water partition coefficient (Wildman–Crippen LogP) is 3.89. The molecular formula is C23H27N5O3S2. The number of allylic oxidation sites excluding steroid dienone is 1. The van der Waals surface area contributed by atoms with Crippen molar-refractivity contribution in [3.8, 4) is 11.4 Å². The maximum Gasteiger partial charge on any atom is 0.243 e. The van der Waals surface area contributed by atoms with Crippen molar-refractivity contribution in [2.24, 2.45) is 0 Å². The van der Waals surface area contributed by atoms with Gasteiger partial charge in [0.15, 0.2) is 11.0 Å². The molecular weight excluding hydrogens is 458 g/mol. The van der Waals surface area contributed by atoms with Crippen molar-refractivity contribution >= 4 is 33.4 Å².